The maximum absolute atomic E-state index is 4.30. The third-order valence-corrected chi connectivity index (χ3v) is 2.54. The average Bonchev–Trinajstić information content (AvgIpc) is 2.64. The summed E-state index contributed by atoms with van der Waals surface area (Å²) in [5.41, 5.74) is 0.359. The highest BCUT2D eigenvalue weighted by Crippen LogP contribution is 2.22. The third kappa shape index (κ3) is 5.31. The molecule has 0 bridgehead atoms. The smallest absolute Gasteiger partial charge is 0.107 e. The Hall–Kier alpha value is -0.830. The third-order valence-electron chi connectivity index (χ3n) is 2.54. The van der Waals surface area contributed by atoms with Crippen LogP contribution in [0.3, 0.4) is 0 Å². The van der Waals surface area contributed by atoms with E-state index in [4.69, 9.17) is 0 Å². The number of nitrogens with zero attached hydrogens (tertiary/aromatic N) is 1. The molecule has 0 saturated heterocycles. The van der Waals surface area contributed by atoms with E-state index in [1.165, 1.54) is 12.8 Å². The summed E-state index contributed by atoms with van der Waals surface area (Å²) in [7, 11) is 0. The molecule has 0 spiro atoms. The number of aromatic nitrogens is 2. The van der Waals surface area contributed by atoms with Crippen molar-refractivity contribution in [3.63, 3.8) is 0 Å². The molecule has 2 N–H and O–H groups in total. The maximum atomic E-state index is 4.30. The van der Waals surface area contributed by atoms with Gasteiger partial charge in [-0.05, 0) is 24.8 Å². The van der Waals surface area contributed by atoms with Gasteiger partial charge in [0.15, 0.2) is 0 Å². The Morgan fingerprint density at radius 1 is 1.44 bits per heavy atom. The highest BCUT2D eigenvalue weighted by molar-refractivity contribution is 4.92. The zero-order valence-corrected chi connectivity index (χ0v) is 11.0. The van der Waals surface area contributed by atoms with Crippen LogP contribution in [-0.2, 0) is 6.42 Å². The molecule has 0 radical (unpaired) electrons. The second-order valence-electron chi connectivity index (χ2n) is 5.66. The fraction of sp³-hybridized carbons (Fsp3) is 0.769. The van der Waals surface area contributed by atoms with Gasteiger partial charge in [-0.1, -0.05) is 27.7 Å². The van der Waals surface area contributed by atoms with Crippen LogP contribution in [0.1, 0.15) is 46.4 Å². The SMILES string of the molecule is CCCNC(Cc1ncc[nH]1)CC(C)(C)C. The number of hydrogen-bond acceptors (Lipinski definition) is 2. The quantitative estimate of drug-likeness (QED) is 0.778. The van der Waals surface area contributed by atoms with Crippen LogP contribution < -0.4 is 5.32 Å². The van der Waals surface area contributed by atoms with Gasteiger partial charge in [-0.3, -0.25) is 0 Å². The molecule has 16 heavy (non-hydrogen) atoms. The minimum absolute atomic E-state index is 0.359. The lowest BCUT2D eigenvalue weighted by Gasteiger charge is -2.26. The lowest BCUT2D eigenvalue weighted by molar-refractivity contribution is 0.304. The topological polar surface area (TPSA) is 40.7 Å². The lowest BCUT2D eigenvalue weighted by atomic mass is 9.87. The average molecular weight is 223 g/mol. The molecular formula is C13H25N3. The second-order valence-corrected chi connectivity index (χ2v) is 5.66. The van der Waals surface area contributed by atoms with Gasteiger partial charge in [0, 0.05) is 24.9 Å². The Morgan fingerprint density at radius 3 is 2.69 bits per heavy atom. The first-order valence-electron chi connectivity index (χ1n) is 6.23. The first-order chi connectivity index (χ1) is 7.51. The first kappa shape index (κ1) is 13.2. The van der Waals surface area contributed by atoms with E-state index in [1.807, 2.05) is 12.4 Å². The zero-order chi connectivity index (χ0) is 12.0. The molecule has 1 heterocycles. The van der Waals surface area contributed by atoms with Crippen molar-refractivity contribution in [3.8, 4) is 0 Å². The van der Waals surface area contributed by atoms with E-state index in [1.54, 1.807) is 0 Å². The molecule has 0 aliphatic rings. The largest absolute Gasteiger partial charge is 0.349 e. The van der Waals surface area contributed by atoms with Crippen molar-refractivity contribution in [2.75, 3.05) is 6.54 Å². The molecule has 0 fully saturated rings. The molecule has 0 aliphatic carbocycles. The molecule has 0 aromatic carbocycles. The monoisotopic (exact) mass is 223 g/mol. The predicted molar refractivity (Wildman–Crippen MR) is 68.4 cm³/mol. The van der Waals surface area contributed by atoms with Crippen LogP contribution >= 0.6 is 0 Å². The molecule has 1 atom stereocenters. The Morgan fingerprint density at radius 2 is 2.19 bits per heavy atom. The van der Waals surface area contributed by atoms with Gasteiger partial charge in [0.05, 0.1) is 0 Å². The number of imidazole rings is 1. The van der Waals surface area contributed by atoms with Crippen LogP contribution in [-0.4, -0.2) is 22.6 Å². The van der Waals surface area contributed by atoms with Crippen LogP contribution in [0.5, 0.6) is 0 Å². The van der Waals surface area contributed by atoms with Gasteiger partial charge in [0.25, 0.3) is 0 Å². The molecule has 3 heteroatoms. The second kappa shape index (κ2) is 6.04. The molecule has 1 aromatic rings. The van der Waals surface area contributed by atoms with Gasteiger partial charge in [-0.15, -0.1) is 0 Å². The van der Waals surface area contributed by atoms with Crippen molar-refractivity contribution in [2.45, 2.75) is 53.0 Å². The molecule has 0 saturated carbocycles. The Labute approximate surface area is 99.1 Å². The van der Waals surface area contributed by atoms with Crippen molar-refractivity contribution in [3.05, 3.63) is 18.2 Å². The van der Waals surface area contributed by atoms with E-state index in [0.717, 1.165) is 18.8 Å². The number of H-pyrrole nitrogens is 1. The van der Waals surface area contributed by atoms with E-state index >= 15 is 0 Å². The van der Waals surface area contributed by atoms with Crippen LogP contribution in [0.2, 0.25) is 0 Å². The van der Waals surface area contributed by atoms with Crippen molar-refractivity contribution >= 4 is 0 Å². The van der Waals surface area contributed by atoms with E-state index in [2.05, 4.69) is 43.0 Å². The summed E-state index contributed by atoms with van der Waals surface area (Å²) >= 11 is 0. The van der Waals surface area contributed by atoms with Gasteiger partial charge < -0.3 is 10.3 Å². The Balaban J connectivity index is 2.50. The molecule has 1 rings (SSSR count). The first-order valence-corrected chi connectivity index (χ1v) is 6.23. The highest BCUT2D eigenvalue weighted by atomic mass is 14.9. The summed E-state index contributed by atoms with van der Waals surface area (Å²) in [4.78, 5) is 7.48. The predicted octanol–water partition coefficient (Wildman–Crippen LogP) is 2.76. The minimum atomic E-state index is 0.359. The van der Waals surface area contributed by atoms with Crippen molar-refractivity contribution < 1.29 is 0 Å². The summed E-state index contributed by atoms with van der Waals surface area (Å²) < 4.78 is 0. The molecule has 92 valence electrons. The van der Waals surface area contributed by atoms with Crippen LogP contribution in [0, 0.1) is 5.41 Å². The Bertz CT molecular complexity index is 272. The lowest BCUT2D eigenvalue weighted by Crippen LogP contribution is -2.35. The van der Waals surface area contributed by atoms with Gasteiger partial charge in [-0.25, -0.2) is 4.98 Å². The highest BCUT2D eigenvalue weighted by Gasteiger charge is 2.19. The summed E-state index contributed by atoms with van der Waals surface area (Å²) in [6.45, 7) is 10.1. The molecule has 1 unspecified atom stereocenters. The molecule has 0 amide bonds. The van der Waals surface area contributed by atoms with Gasteiger partial charge in [0.1, 0.15) is 5.82 Å². The van der Waals surface area contributed by atoms with Crippen LogP contribution in [0.15, 0.2) is 12.4 Å². The summed E-state index contributed by atoms with van der Waals surface area (Å²) in [5, 5.41) is 3.60. The number of hydrogen-bond donors (Lipinski definition) is 2. The summed E-state index contributed by atoms with van der Waals surface area (Å²) in [6, 6.07) is 0.520. The Kier molecular flexibility index (Phi) is 5.00. The van der Waals surface area contributed by atoms with Gasteiger partial charge in [-0.2, -0.15) is 0 Å². The van der Waals surface area contributed by atoms with Crippen LogP contribution in [0.25, 0.3) is 0 Å². The summed E-state index contributed by atoms with van der Waals surface area (Å²) in [5.74, 6) is 1.08. The standard InChI is InChI=1S/C13H25N3/c1-5-6-14-11(10-13(2,3)4)9-12-15-7-8-16-12/h7-8,11,14H,5-6,9-10H2,1-4H3,(H,15,16). The normalized spacial score (nSPS) is 14.0. The summed E-state index contributed by atoms with van der Waals surface area (Å²) in [6.07, 6.45) is 7.06. The number of nitrogens with one attached hydrogen (secondary N) is 2. The fourth-order valence-corrected chi connectivity index (χ4v) is 1.95. The van der Waals surface area contributed by atoms with Crippen molar-refractivity contribution in [1.82, 2.24) is 15.3 Å². The maximum Gasteiger partial charge on any atom is 0.107 e. The zero-order valence-electron chi connectivity index (χ0n) is 11.0. The molecular weight excluding hydrogens is 198 g/mol. The van der Waals surface area contributed by atoms with Gasteiger partial charge in [0.2, 0.25) is 0 Å². The molecule has 0 aliphatic heterocycles. The van der Waals surface area contributed by atoms with Crippen molar-refractivity contribution in [2.24, 2.45) is 5.41 Å². The minimum Gasteiger partial charge on any atom is -0.349 e. The van der Waals surface area contributed by atoms with E-state index < -0.39 is 0 Å². The number of rotatable bonds is 6. The van der Waals surface area contributed by atoms with Crippen LogP contribution in [0.4, 0.5) is 0 Å². The van der Waals surface area contributed by atoms with E-state index in [9.17, 15) is 0 Å². The molecule has 1 aromatic heterocycles. The van der Waals surface area contributed by atoms with Gasteiger partial charge >= 0.3 is 0 Å². The van der Waals surface area contributed by atoms with E-state index in [0.29, 0.717) is 11.5 Å². The number of aromatic amines is 1. The van der Waals surface area contributed by atoms with Crippen molar-refractivity contribution in [1.29, 1.82) is 0 Å². The fourth-order valence-electron chi connectivity index (χ4n) is 1.95. The van der Waals surface area contributed by atoms with E-state index in [-0.39, 0.29) is 0 Å². The molecule has 3 nitrogen and oxygen atoms in total.